The fraction of sp³-hybridized carbons (Fsp3) is 0.667. The van der Waals surface area contributed by atoms with Gasteiger partial charge in [0, 0.05) is 22.5 Å². The number of pyridine rings is 1. The first-order chi connectivity index (χ1) is 11.3. The lowest BCUT2D eigenvalue weighted by Gasteiger charge is -2.06. The van der Waals surface area contributed by atoms with Crippen molar-refractivity contribution in [3.8, 4) is 0 Å². The summed E-state index contributed by atoms with van der Waals surface area (Å²) in [6.45, 7) is 0.567. The van der Waals surface area contributed by atoms with E-state index in [2.05, 4.69) is 32.9 Å². The Bertz CT molecular complexity index is 443. The summed E-state index contributed by atoms with van der Waals surface area (Å²) < 4.78 is 12.8. The quantitative estimate of drug-likeness (QED) is 0.339. The Morgan fingerprint density at radius 2 is 1.57 bits per heavy atom. The van der Waals surface area contributed by atoms with E-state index in [-0.39, 0.29) is 12.6 Å². The molecule has 0 aromatic carbocycles. The molecule has 1 amide bonds. The number of unbranched alkanes of at least 4 members (excludes halogenated alkanes) is 9. The number of amides is 1. The van der Waals surface area contributed by atoms with Crippen LogP contribution in [0.2, 0.25) is 0 Å². The van der Waals surface area contributed by atoms with Crippen LogP contribution in [0, 0.1) is 3.57 Å². The van der Waals surface area contributed by atoms with E-state index >= 15 is 0 Å². The third-order valence-electron chi connectivity index (χ3n) is 3.86. The number of carbonyl (C=O) groups excluding carboxylic acids is 1. The average Bonchev–Trinajstić information content (AvgIpc) is 2.56. The van der Waals surface area contributed by atoms with Crippen molar-refractivity contribution in [1.82, 2.24) is 10.3 Å². The van der Waals surface area contributed by atoms with E-state index in [0.29, 0.717) is 5.56 Å². The van der Waals surface area contributed by atoms with Gasteiger partial charge in [-0.2, -0.15) is 0 Å². The van der Waals surface area contributed by atoms with Crippen molar-refractivity contribution in [3.05, 3.63) is 27.6 Å². The van der Waals surface area contributed by atoms with Gasteiger partial charge in [0.1, 0.15) is 0 Å². The molecule has 130 valence electrons. The monoisotopic (exact) mass is 434 g/mol. The van der Waals surface area contributed by atoms with Crippen LogP contribution in [0.25, 0.3) is 0 Å². The first-order valence-electron chi connectivity index (χ1n) is 8.69. The molecule has 0 unspecified atom stereocenters. The normalized spacial score (nSPS) is 10.7. The molecule has 0 aliphatic heterocycles. The van der Waals surface area contributed by atoms with E-state index in [1.165, 1.54) is 38.5 Å². The maximum absolute atomic E-state index is 12.0. The second-order valence-corrected chi connectivity index (χ2v) is 7.00. The zero-order valence-electron chi connectivity index (χ0n) is 13.8. The van der Waals surface area contributed by atoms with Crippen molar-refractivity contribution < 1.29 is 9.18 Å². The van der Waals surface area contributed by atoms with Gasteiger partial charge in [0.15, 0.2) is 0 Å². The molecule has 3 nitrogen and oxygen atoms in total. The number of alkyl halides is 1. The summed E-state index contributed by atoms with van der Waals surface area (Å²) in [7, 11) is 0. The molecule has 0 saturated carbocycles. The molecule has 1 aromatic heterocycles. The third kappa shape index (κ3) is 9.89. The Morgan fingerprint density at radius 1 is 1.00 bits per heavy atom. The molecule has 5 heteroatoms. The fourth-order valence-corrected chi connectivity index (χ4v) is 3.08. The molecular formula is C18H28FIN2O. The molecule has 0 spiro atoms. The summed E-state index contributed by atoms with van der Waals surface area (Å²) in [5.41, 5.74) is 0.702. The second-order valence-electron chi connectivity index (χ2n) is 5.84. The summed E-state index contributed by atoms with van der Waals surface area (Å²) in [6.07, 6.45) is 14.7. The zero-order chi connectivity index (χ0) is 16.8. The van der Waals surface area contributed by atoms with Gasteiger partial charge in [-0.1, -0.05) is 51.4 Å². The van der Waals surface area contributed by atoms with E-state index in [9.17, 15) is 9.18 Å². The minimum absolute atomic E-state index is 0.00919. The Kier molecular flexibility index (Phi) is 12.1. The van der Waals surface area contributed by atoms with Crippen molar-refractivity contribution in [2.24, 2.45) is 0 Å². The summed E-state index contributed by atoms with van der Waals surface area (Å²) in [4.78, 5) is 16.0. The van der Waals surface area contributed by atoms with Crippen LogP contribution < -0.4 is 5.32 Å². The lowest BCUT2D eigenvalue weighted by Crippen LogP contribution is -2.25. The van der Waals surface area contributed by atoms with Crippen molar-refractivity contribution in [2.45, 2.75) is 64.2 Å². The number of hydrogen-bond donors (Lipinski definition) is 1. The van der Waals surface area contributed by atoms with Gasteiger partial charge < -0.3 is 5.32 Å². The number of nitrogens with zero attached hydrogens (tertiary/aromatic N) is 1. The molecule has 0 atom stereocenters. The van der Waals surface area contributed by atoms with Crippen molar-refractivity contribution >= 4 is 28.5 Å². The lowest BCUT2D eigenvalue weighted by molar-refractivity contribution is 0.0952. The lowest BCUT2D eigenvalue weighted by atomic mass is 10.1. The van der Waals surface area contributed by atoms with E-state index in [1.54, 1.807) is 18.5 Å². The first-order valence-corrected chi connectivity index (χ1v) is 9.77. The molecule has 0 radical (unpaired) electrons. The van der Waals surface area contributed by atoms with Crippen molar-refractivity contribution in [2.75, 3.05) is 13.2 Å². The van der Waals surface area contributed by atoms with Crippen LogP contribution in [0.4, 0.5) is 4.39 Å². The third-order valence-corrected chi connectivity index (χ3v) is 4.72. The Morgan fingerprint density at radius 3 is 2.13 bits per heavy atom. The topological polar surface area (TPSA) is 42.0 Å². The Labute approximate surface area is 153 Å². The van der Waals surface area contributed by atoms with Crippen LogP contribution in [0.5, 0.6) is 0 Å². The van der Waals surface area contributed by atoms with E-state index in [0.717, 1.165) is 35.8 Å². The maximum Gasteiger partial charge on any atom is 0.252 e. The number of carbonyl (C=O) groups is 1. The molecule has 0 bridgehead atoms. The van der Waals surface area contributed by atoms with Crippen LogP contribution >= 0.6 is 22.6 Å². The Balaban J connectivity index is 1.92. The van der Waals surface area contributed by atoms with Crippen LogP contribution in [0.3, 0.4) is 0 Å². The summed E-state index contributed by atoms with van der Waals surface area (Å²) >= 11 is 2.13. The predicted octanol–water partition coefficient (Wildman–Crippen LogP) is 5.29. The second kappa shape index (κ2) is 13.7. The predicted molar refractivity (Wildman–Crippen MR) is 101 cm³/mol. The molecule has 23 heavy (non-hydrogen) atoms. The highest BCUT2D eigenvalue weighted by molar-refractivity contribution is 14.1. The van der Waals surface area contributed by atoms with Gasteiger partial charge in [-0.3, -0.25) is 14.2 Å². The largest absolute Gasteiger partial charge is 0.352 e. The van der Waals surface area contributed by atoms with E-state index in [1.807, 2.05) is 0 Å². The van der Waals surface area contributed by atoms with Crippen LogP contribution in [0.15, 0.2) is 18.5 Å². The minimum atomic E-state index is -0.170. The smallest absolute Gasteiger partial charge is 0.252 e. The van der Waals surface area contributed by atoms with E-state index in [4.69, 9.17) is 0 Å². The number of hydrogen-bond acceptors (Lipinski definition) is 2. The fourth-order valence-electron chi connectivity index (χ4n) is 2.49. The SMILES string of the molecule is O=C(NCCCCCCCCCCCCF)c1ccncc1I. The number of nitrogens with one attached hydrogen (secondary N) is 1. The molecule has 1 N–H and O–H groups in total. The molecule has 0 aliphatic rings. The standard InChI is InChI=1S/C18H28FIN2O/c19-12-9-7-5-3-1-2-4-6-8-10-13-22-18(23)16-11-14-21-15-17(16)20/h11,14-15H,1-10,12-13H2,(H,22,23). The van der Waals surface area contributed by atoms with Gasteiger partial charge in [0.25, 0.3) is 5.91 Å². The molecule has 1 aromatic rings. The number of rotatable bonds is 13. The molecule has 1 heterocycles. The van der Waals surface area contributed by atoms with Crippen molar-refractivity contribution in [3.63, 3.8) is 0 Å². The average molecular weight is 434 g/mol. The van der Waals surface area contributed by atoms with Gasteiger partial charge in [0.05, 0.1) is 12.2 Å². The highest BCUT2D eigenvalue weighted by Gasteiger charge is 2.08. The van der Waals surface area contributed by atoms with Gasteiger partial charge in [-0.15, -0.1) is 0 Å². The number of halogens is 2. The van der Waals surface area contributed by atoms with Crippen LogP contribution in [-0.4, -0.2) is 24.1 Å². The highest BCUT2D eigenvalue weighted by Crippen LogP contribution is 2.11. The van der Waals surface area contributed by atoms with Crippen molar-refractivity contribution in [1.29, 1.82) is 0 Å². The van der Waals surface area contributed by atoms with Gasteiger partial charge in [-0.25, -0.2) is 0 Å². The van der Waals surface area contributed by atoms with Crippen LogP contribution in [-0.2, 0) is 0 Å². The van der Waals surface area contributed by atoms with Gasteiger partial charge in [0.2, 0.25) is 0 Å². The van der Waals surface area contributed by atoms with Gasteiger partial charge >= 0.3 is 0 Å². The molecule has 0 aliphatic carbocycles. The summed E-state index contributed by atoms with van der Waals surface area (Å²) in [5.74, 6) is -0.00919. The molecule has 0 fully saturated rings. The van der Waals surface area contributed by atoms with E-state index < -0.39 is 0 Å². The first kappa shape index (κ1) is 20.3. The summed E-state index contributed by atoms with van der Waals surface area (Å²) in [5, 5.41) is 2.97. The molecule has 0 saturated heterocycles. The Hall–Kier alpha value is -0.720. The molecule has 1 rings (SSSR count). The minimum Gasteiger partial charge on any atom is -0.352 e. The van der Waals surface area contributed by atoms with Crippen LogP contribution in [0.1, 0.15) is 74.6 Å². The highest BCUT2D eigenvalue weighted by atomic mass is 127. The molecular weight excluding hydrogens is 406 g/mol. The van der Waals surface area contributed by atoms with Gasteiger partial charge in [-0.05, 0) is 41.5 Å². The number of aromatic nitrogens is 1. The zero-order valence-corrected chi connectivity index (χ0v) is 16.0. The summed E-state index contributed by atoms with van der Waals surface area (Å²) in [6, 6.07) is 1.75. The maximum atomic E-state index is 12.0.